The minimum atomic E-state index is -0.455. The van der Waals surface area contributed by atoms with Gasteiger partial charge in [-0.2, -0.15) is 5.26 Å². The van der Waals surface area contributed by atoms with E-state index in [4.69, 9.17) is 11.0 Å². The lowest BCUT2D eigenvalue weighted by Crippen LogP contribution is -2.48. The fourth-order valence-electron chi connectivity index (χ4n) is 1.85. The Bertz CT molecular complexity index is 271. The topological polar surface area (TPSA) is 70.1 Å². The van der Waals surface area contributed by atoms with Crippen molar-refractivity contribution in [1.82, 2.24) is 4.90 Å². The quantitative estimate of drug-likeness (QED) is 0.750. The summed E-state index contributed by atoms with van der Waals surface area (Å²) >= 11 is 0. The van der Waals surface area contributed by atoms with Gasteiger partial charge in [0.15, 0.2) is 0 Å². The van der Waals surface area contributed by atoms with Crippen LogP contribution in [0.25, 0.3) is 0 Å². The van der Waals surface area contributed by atoms with E-state index in [1.54, 1.807) is 4.90 Å². The highest BCUT2D eigenvalue weighted by Crippen LogP contribution is 2.19. The summed E-state index contributed by atoms with van der Waals surface area (Å²) in [6.45, 7) is 4.67. The maximum Gasteiger partial charge on any atom is 0.240 e. The molecular formula is C11H19N3O. The molecule has 1 fully saturated rings. The molecule has 1 amide bonds. The third-order valence-corrected chi connectivity index (χ3v) is 3.23. The lowest BCUT2D eigenvalue weighted by molar-refractivity contribution is -0.133. The first-order chi connectivity index (χ1) is 7.11. The van der Waals surface area contributed by atoms with Crippen molar-refractivity contribution in [3.05, 3.63) is 0 Å². The number of carbonyl (C=O) groups excluding carboxylic acids is 1. The number of hydrogen-bond donors (Lipinski definition) is 1. The molecule has 0 radical (unpaired) electrons. The first-order valence-electron chi connectivity index (χ1n) is 5.57. The van der Waals surface area contributed by atoms with Gasteiger partial charge in [-0.15, -0.1) is 0 Å². The largest absolute Gasteiger partial charge is 0.325 e. The first kappa shape index (κ1) is 12.0. The Labute approximate surface area is 91.0 Å². The van der Waals surface area contributed by atoms with Gasteiger partial charge >= 0.3 is 0 Å². The number of rotatable bonds is 3. The molecule has 0 aromatic rings. The van der Waals surface area contributed by atoms with Crippen molar-refractivity contribution in [2.24, 2.45) is 11.7 Å². The van der Waals surface area contributed by atoms with Gasteiger partial charge in [-0.25, -0.2) is 0 Å². The van der Waals surface area contributed by atoms with Gasteiger partial charge in [0, 0.05) is 6.54 Å². The van der Waals surface area contributed by atoms with Gasteiger partial charge < -0.3 is 10.6 Å². The van der Waals surface area contributed by atoms with E-state index in [9.17, 15) is 4.79 Å². The second-order valence-corrected chi connectivity index (χ2v) is 4.23. The summed E-state index contributed by atoms with van der Waals surface area (Å²) in [6, 6.07) is 1.44. The van der Waals surface area contributed by atoms with Crippen LogP contribution in [0.15, 0.2) is 0 Å². The molecule has 84 valence electrons. The molecule has 0 spiro atoms. The smallest absolute Gasteiger partial charge is 0.240 e. The zero-order valence-corrected chi connectivity index (χ0v) is 9.44. The predicted octanol–water partition coefficient (Wildman–Crippen LogP) is 0.874. The van der Waals surface area contributed by atoms with E-state index in [2.05, 4.69) is 6.07 Å². The second kappa shape index (κ2) is 5.13. The highest BCUT2D eigenvalue weighted by Gasteiger charge is 2.33. The minimum absolute atomic E-state index is 0.0617. The molecule has 0 aliphatic carbocycles. The van der Waals surface area contributed by atoms with Crippen LogP contribution in [0, 0.1) is 17.2 Å². The van der Waals surface area contributed by atoms with Crippen LogP contribution in [0.5, 0.6) is 0 Å². The molecule has 0 bridgehead atoms. The van der Waals surface area contributed by atoms with Crippen molar-refractivity contribution >= 4 is 5.91 Å². The zero-order valence-electron chi connectivity index (χ0n) is 9.44. The maximum absolute atomic E-state index is 12.0. The average Bonchev–Trinajstić information content (AvgIpc) is 2.73. The third-order valence-electron chi connectivity index (χ3n) is 3.23. The van der Waals surface area contributed by atoms with Crippen LogP contribution in [0.1, 0.15) is 33.1 Å². The first-order valence-corrected chi connectivity index (χ1v) is 5.57. The SMILES string of the molecule is CCC(C)C(N)C(=O)N1CCCC1C#N. The Kier molecular flexibility index (Phi) is 4.10. The van der Waals surface area contributed by atoms with Gasteiger partial charge in [0.05, 0.1) is 12.1 Å². The predicted molar refractivity (Wildman–Crippen MR) is 57.8 cm³/mol. The summed E-state index contributed by atoms with van der Waals surface area (Å²) in [6.07, 6.45) is 2.59. The van der Waals surface area contributed by atoms with Crippen LogP contribution >= 0.6 is 0 Å². The third kappa shape index (κ3) is 2.48. The molecule has 4 heteroatoms. The molecule has 0 saturated carbocycles. The molecule has 1 aliphatic heterocycles. The van der Waals surface area contributed by atoms with Crippen LogP contribution in [0.4, 0.5) is 0 Å². The van der Waals surface area contributed by atoms with Gasteiger partial charge in [-0.3, -0.25) is 4.79 Å². The lowest BCUT2D eigenvalue weighted by atomic mass is 9.99. The lowest BCUT2D eigenvalue weighted by Gasteiger charge is -2.26. The number of amides is 1. The van der Waals surface area contributed by atoms with Crippen LogP contribution < -0.4 is 5.73 Å². The van der Waals surface area contributed by atoms with Crippen LogP contribution in [-0.4, -0.2) is 29.4 Å². The van der Waals surface area contributed by atoms with E-state index in [-0.39, 0.29) is 17.9 Å². The minimum Gasteiger partial charge on any atom is -0.325 e. The van der Waals surface area contributed by atoms with E-state index >= 15 is 0 Å². The summed E-state index contributed by atoms with van der Waals surface area (Å²) in [5.41, 5.74) is 5.87. The zero-order chi connectivity index (χ0) is 11.4. The number of nitrogens with zero attached hydrogens (tertiary/aromatic N) is 2. The molecule has 15 heavy (non-hydrogen) atoms. The molecule has 0 aromatic carbocycles. The summed E-state index contributed by atoms with van der Waals surface area (Å²) in [4.78, 5) is 13.6. The Morgan fingerprint density at radius 2 is 2.40 bits per heavy atom. The molecule has 0 aromatic heterocycles. The molecule has 1 heterocycles. The molecule has 1 aliphatic rings. The number of nitriles is 1. The molecule has 2 N–H and O–H groups in total. The van der Waals surface area contributed by atoms with Crippen molar-refractivity contribution < 1.29 is 4.79 Å². The fourth-order valence-corrected chi connectivity index (χ4v) is 1.85. The second-order valence-electron chi connectivity index (χ2n) is 4.23. The maximum atomic E-state index is 12.0. The molecule has 3 unspecified atom stereocenters. The summed E-state index contributed by atoms with van der Waals surface area (Å²) in [5, 5.41) is 8.88. The number of hydrogen-bond acceptors (Lipinski definition) is 3. The van der Waals surface area contributed by atoms with Gasteiger partial charge in [-0.05, 0) is 18.8 Å². The monoisotopic (exact) mass is 209 g/mol. The van der Waals surface area contributed by atoms with Crippen LogP contribution in [0.2, 0.25) is 0 Å². The molecule has 4 nitrogen and oxygen atoms in total. The molecule has 1 saturated heterocycles. The van der Waals surface area contributed by atoms with E-state index in [1.807, 2.05) is 13.8 Å². The Morgan fingerprint density at radius 3 is 2.93 bits per heavy atom. The van der Waals surface area contributed by atoms with E-state index in [0.29, 0.717) is 6.54 Å². The van der Waals surface area contributed by atoms with Crippen LogP contribution in [-0.2, 0) is 4.79 Å². The summed E-state index contributed by atoms with van der Waals surface area (Å²) in [7, 11) is 0. The normalized spacial score (nSPS) is 24.7. The standard InChI is InChI=1S/C11H19N3O/c1-3-8(2)10(13)11(15)14-6-4-5-9(14)7-12/h8-10H,3-6,13H2,1-2H3. The summed E-state index contributed by atoms with van der Waals surface area (Å²) in [5.74, 6) is 0.117. The molecule has 3 atom stereocenters. The number of nitrogens with two attached hydrogens (primary N) is 1. The van der Waals surface area contributed by atoms with E-state index < -0.39 is 6.04 Å². The highest BCUT2D eigenvalue weighted by molar-refractivity contribution is 5.82. The molecular weight excluding hydrogens is 190 g/mol. The van der Waals surface area contributed by atoms with Crippen molar-refractivity contribution in [2.75, 3.05) is 6.54 Å². The van der Waals surface area contributed by atoms with Gasteiger partial charge in [0.1, 0.15) is 6.04 Å². The van der Waals surface area contributed by atoms with Gasteiger partial charge in [-0.1, -0.05) is 20.3 Å². The Balaban J connectivity index is 2.64. The van der Waals surface area contributed by atoms with Crippen LogP contribution in [0.3, 0.4) is 0 Å². The Hall–Kier alpha value is -1.08. The van der Waals surface area contributed by atoms with Gasteiger partial charge in [0.25, 0.3) is 0 Å². The fraction of sp³-hybridized carbons (Fsp3) is 0.818. The highest BCUT2D eigenvalue weighted by atomic mass is 16.2. The van der Waals surface area contributed by atoms with Crippen molar-refractivity contribution in [3.8, 4) is 6.07 Å². The molecule has 1 rings (SSSR count). The number of likely N-dealkylation sites (tertiary alicyclic amines) is 1. The summed E-state index contributed by atoms with van der Waals surface area (Å²) < 4.78 is 0. The Morgan fingerprint density at radius 1 is 1.73 bits per heavy atom. The van der Waals surface area contributed by atoms with Gasteiger partial charge in [0.2, 0.25) is 5.91 Å². The van der Waals surface area contributed by atoms with Crippen molar-refractivity contribution in [3.63, 3.8) is 0 Å². The number of carbonyl (C=O) groups is 1. The van der Waals surface area contributed by atoms with E-state index in [0.717, 1.165) is 19.3 Å². The van der Waals surface area contributed by atoms with Crippen molar-refractivity contribution in [1.29, 1.82) is 5.26 Å². The van der Waals surface area contributed by atoms with Crippen molar-refractivity contribution in [2.45, 2.75) is 45.2 Å². The average molecular weight is 209 g/mol. The van der Waals surface area contributed by atoms with E-state index in [1.165, 1.54) is 0 Å².